The van der Waals surface area contributed by atoms with Crippen LogP contribution in [0.25, 0.3) is 0 Å². The normalized spacial score (nSPS) is 12.5. The smallest absolute Gasteiger partial charge is 0.126 e. The van der Waals surface area contributed by atoms with E-state index in [0.29, 0.717) is 14.3 Å². The molecular formula is C22H32NOP. The molecule has 0 bridgehead atoms. The molecule has 1 N–H and O–H groups in total. The van der Waals surface area contributed by atoms with Gasteiger partial charge in [0, 0.05) is 11.8 Å². The second kappa shape index (κ2) is 7.89. The van der Waals surface area contributed by atoms with E-state index in [4.69, 9.17) is 0 Å². The van der Waals surface area contributed by atoms with Gasteiger partial charge in [-0.1, -0.05) is 60.5 Å². The summed E-state index contributed by atoms with van der Waals surface area (Å²) < 4.78 is 0. The first-order valence-corrected chi connectivity index (χ1v) is 10.0. The van der Waals surface area contributed by atoms with Gasteiger partial charge in [0.2, 0.25) is 0 Å². The summed E-state index contributed by atoms with van der Waals surface area (Å²) in [6, 6.07) is 10.8. The Hall–Kier alpha value is -1.37. The third kappa shape index (κ3) is 4.84. The number of rotatable bonds is 5. The molecule has 25 heavy (non-hydrogen) atoms. The van der Waals surface area contributed by atoms with Crippen LogP contribution in [0.5, 0.6) is 5.75 Å². The molecule has 0 radical (unpaired) electrons. The molecule has 136 valence electrons. The topological polar surface area (TPSA) is 23.5 Å². The first kappa shape index (κ1) is 19.9. The van der Waals surface area contributed by atoms with E-state index in [1.165, 1.54) is 22.0 Å². The van der Waals surface area contributed by atoms with E-state index in [2.05, 4.69) is 76.9 Å². The van der Waals surface area contributed by atoms with Gasteiger partial charge in [-0.15, -0.1) is 0 Å². The Morgan fingerprint density at radius 3 is 2.36 bits per heavy atom. The van der Waals surface area contributed by atoms with Gasteiger partial charge in [0.15, 0.2) is 0 Å². The Bertz CT molecular complexity index is 746. The number of phenolic OH excluding ortho intramolecular Hbond substituents is 1. The van der Waals surface area contributed by atoms with E-state index in [-0.39, 0.29) is 5.41 Å². The molecule has 0 heterocycles. The lowest BCUT2D eigenvalue weighted by Crippen LogP contribution is -2.23. The minimum atomic E-state index is 0.0781. The first-order chi connectivity index (χ1) is 11.6. The van der Waals surface area contributed by atoms with Gasteiger partial charge in [0.05, 0.1) is 0 Å². The van der Waals surface area contributed by atoms with Crippen LogP contribution in [-0.2, 0) is 12.0 Å². The fourth-order valence-corrected chi connectivity index (χ4v) is 4.30. The molecule has 0 saturated heterocycles. The van der Waals surface area contributed by atoms with Crippen LogP contribution in [0, 0.1) is 13.8 Å². The fourth-order valence-electron chi connectivity index (χ4n) is 2.88. The van der Waals surface area contributed by atoms with E-state index < -0.39 is 0 Å². The van der Waals surface area contributed by atoms with Crippen molar-refractivity contribution in [3.8, 4) is 5.75 Å². The molecule has 2 aromatic rings. The Morgan fingerprint density at radius 2 is 1.76 bits per heavy atom. The molecule has 2 nitrogen and oxygen atoms in total. The molecule has 2 rings (SSSR count). The predicted octanol–water partition coefficient (Wildman–Crippen LogP) is 4.39. The lowest BCUT2D eigenvalue weighted by atomic mass is 9.86. The van der Waals surface area contributed by atoms with E-state index in [1.807, 2.05) is 6.92 Å². The van der Waals surface area contributed by atoms with Gasteiger partial charge in [0.25, 0.3) is 0 Å². The first-order valence-electron chi connectivity index (χ1n) is 9.01. The average Bonchev–Trinajstić information content (AvgIpc) is 2.53. The van der Waals surface area contributed by atoms with Crippen LogP contribution in [0.3, 0.4) is 0 Å². The monoisotopic (exact) mass is 357 g/mol. The van der Waals surface area contributed by atoms with Crippen LogP contribution >= 0.6 is 8.58 Å². The van der Waals surface area contributed by atoms with Gasteiger partial charge in [0.1, 0.15) is 5.75 Å². The Labute approximate surface area is 155 Å². The summed E-state index contributed by atoms with van der Waals surface area (Å²) in [6.07, 6.45) is 0. The summed E-state index contributed by atoms with van der Waals surface area (Å²) in [7, 11) is 2.62. The number of hydrogen-bond donors (Lipinski definition) is 1. The van der Waals surface area contributed by atoms with Crippen LogP contribution in [0.4, 0.5) is 0 Å². The van der Waals surface area contributed by atoms with E-state index in [1.54, 1.807) is 0 Å². The number of hydrogen-bond acceptors (Lipinski definition) is 2. The van der Waals surface area contributed by atoms with Crippen molar-refractivity contribution < 1.29 is 5.11 Å². The van der Waals surface area contributed by atoms with Gasteiger partial charge < -0.3 is 10.0 Å². The number of aryl methyl sites for hydroxylation is 2. The molecule has 0 amide bonds. The molecular weight excluding hydrogens is 325 g/mol. The number of aromatic hydroxyl groups is 1. The van der Waals surface area contributed by atoms with Crippen LogP contribution in [0.1, 0.15) is 49.9 Å². The van der Waals surface area contributed by atoms with E-state index in [9.17, 15) is 5.11 Å². The van der Waals surface area contributed by atoms with Crippen molar-refractivity contribution in [3.05, 3.63) is 52.6 Å². The lowest BCUT2D eigenvalue weighted by molar-refractivity contribution is 0.346. The molecule has 1 unspecified atom stereocenters. The SMILES string of the molecule is CCN(C)Cc1cccc(C)c1Pc1cc(C(C)(C)C)cc(C)c1O. The van der Waals surface area contributed by atoms with Gasteiger partial charge in [-0.25, -0.2) is 0 Å². The predicted molar refractivity (Wildman–Crippen MR) is 112 cm³/mol. The zero-order valence-electron chi connectivity index (χ0n) is 16.7. The maximum absolute atomic E-state index is 10.7. The van der Waals surface area contributed by atoms with Crippen molar-refractivity contribution in [2.45, 2.75) is 53.5 Å². The zero-order chi connectivity index (χ0) is 18.8. The van der Waals surface area contributed by atoms with Crippen molar-refractivity contribution in [2.24, 2.45) is 0 Å². The van der Waals surface area contributed by atoms with Crippen LogP contribution in [0.15, 0.2) is 30.3 Å². The standard InChI is InChI=1S/C22H32NOP/c1-8-23(7)14-17-11-9-10-15(2)21(17)25-19-13-18(22(4,5)6)12-16(3)20(19)24/h9-13,24-25H,8,14H2,1-7H3. The fraction of sp³-hybridized carbons (Fsp3) is 0.455. The average molecular weight is 357 g/mol. The molecule has 3 heteroatoms. The maximum atomic E-state index is 10.7. The third-order valence-electron chi connectivity index (χ3n) is 4.77. The highest BCUT2D eigenvalue weighted by Gasteiger charge is 2.19. The largest absolute Gasteiger partial charge is 0.507 e. The molecule has 0 aliphatic heterocycles. The quantitative estimate of drug-likeness (QED) is 0.803. The van der Waals surface area contributed by atoms with Crippen molar-refractivity contribution >= 4 is 19.2 Å². The summed E-state index contributed by atoms with van der Waals surface area (Å²) in [5, 5.41) is 13.1. The lowest BCUT2D eigenvalue weighted by Gasteiger charge is -2.23. The van der Waals surface area contributed by atoms with Gasteiger partial charge >= 0.3 is 0 Å². The van der Waals surface area contributed by atoms with Crippen molar-refractivity contribution in [1.29, 1.82) is 0 Å². The van der Waals surface area contributed by atoms with Crippen LogP contribution < -0.4 is 10.6 Å². The summed E-state index contributed by atoms with van der Waals surface area (Å²) in [5.41, 5.74) is 5.00. The highest BCUT2D eigenvalue weighted by atomic mass is 31.1. The maximum Gasteiger partial charge on any atom is 0.126 e. The minimum absolute atomic E-state index is 0.0781. The molecule has 1 atom stereocenters. The molecule has 0 aliphatic rings. The van der Waals surface area contributed by atoms with Gasteiger partial charge in [-0.2, -0.15) is 0 Å². The third-order valence-corrected chi connectivity index (χ3v) is 6.38. The van der Waals surface area contributed by atoms with Gasteiger partial charge in [-0.05, 0) is 66.5 Å². The summed E-state index contributed by atoms with van der Waals surface area (Å²) in [4.78, 5) is 2.32. The Kier molecular flexibility index (Phi) is 6.30. The second-order valence-electron chi connectivity index (χ2n) is 8.00. The molecule has 0 aliphatic carbocycles. The highest BCUT2D eigenvalue weighted by molar-refractivity contribution is 7.56. The minimum Gasteiger partial charge on any atom is -0.507 e. The second-order valence-corrected chi connectivity index (χ2v) is 9.29. The molecule has 2 aromatic carbocycles. The van der Waals surface area contributed by atoms with Crippen molar-refractivity contribution in [1.82, 2.24) is 4.90 Å². The van der Waals surface area contributed by atoms with Crippen LogP contribution in [0.2, 0.25) is 0 Å². The van der Waals surface area contributed by atoms with E-state index in [0.717, 1.165) is 24.0 Å². The molecule has 0 spiro atoms. The van der Waals surface area contributed by atoms with Crippen molar-refractivity contribution in [2.75, 3.05) is 13.6 Å². The number of nitrogens with zero attached hydrogens (tertiary/aromatic N) is 1. The summed E-state index contributed by atoms with van der Waals surface area (Å²) >= 11 is 0. The zero-order valence-corrected chi connectivity index (χ0v) is 17.7. The molecule has 0 aromatic heterocycles. The van der Waals surface area contributed by atoms with Crippen LogP contribution in [-0.4, -0.2) is 23.6 Å². The number of phenols is 1. The Morgan fingerprint density at radius 1 is 1.08 bits per heavy atom. The van der Waals surface area contributed by atoms with E-state index >= 15 is 0 Å². The molecule has 0 saturated carbocycles. The highest BCUT2D eigenvalue weighted by Crippen LogP contribution is 2.30. The van der Waals surface area contributed by atoms with Crippen molar-refractivity contribution in [3.63, 3.8) is 0 Å². The number of benzene rings is 2. The summed E-state index contributed by atoms with van der Waals surface area (Å²) in [6.45, 7) is 15.0. The summed E-state index contributed by atoms with van der Waals surface area (Å²) in [5.74, 6) is 0.449. The molecule has 0 fully saturated rings. The Balaban J connectivity index is 2.48. The van der Waals surface area contributed by atoms with Gasteiger partial charge in [-0.3, -0.25) is 0 Å².